The van der Waals surface area contributed by atoms with Gasteiger partial charge in [-0.2, -0.15) is 0 Å². The molecule has 0 saturated heterocycles. The van der Waals surface area contributed by atoms with Crippen LogP contribution in [0, 0.1) is 5.92 Å². The van der Waals surface area contributed by atoms with Crippen LogP contribution in [0.1, 0.15) is 27.7 Å². The zero-order chi connectivity index (χ0) is 12.7. The fourth-order valence-corrected chi connectivity index (χ4v) is 1.66. The molecular weight excluding hydrogens is 196 g/mol. The van der Waals surface area contributed by atoms with E-state index in [0.717, 1.165) is 11.3 Å². The third-order valence-electron chi connectivity index (χ3n) is 3.05. The van der Waals surface area contributed by atoms with E-state index in [1.165, 1.54) is 5.57 Å². The molecule has 2 nitrogen and oxygen atoms in total. The van der Waals surface area contributed by atoms with Crippen LogP contribution in [0.15, 0.2) is 40.6 Å². The monoisotopic (exact) mass is 220 g/mol. The van der Waals surface area contributed by atoms with Gasteiger partial charge < -0.3 is 5.32 Å². The summed E-state index contributed by atoms with van der Waals surface area (Å²) in [5.74, 6) is 0.275. The van der Waals surface area contributed by atoms with Crippen molar-refractivity contribution in [1.82, 2.24) is 5.32 Å². The number of hydrogen-bond acceptors (Lipinski definition) is 2. The summed E-state index contributed by atoms with van der Waals surface area (Å²) in [4.78, 5) is 4.22. The minimum absolute atomic E-state index is 0.0937. The summed E-state index contributed by atoms with van der Waals surface area (Å²) in [6.45, 7) is 16.0. The zero-order valence-electron chi connectivity index (χ0n) is 11.2. The number of aliphatic imine (C=N–C) groups is 1. The van der Waals surface area contributed by atoms with Gasteiger partial charge in [-0.3, -0.25) is 4.99 Å². The quantitative estimate of drug-likeness (QED) is 0.539. The van der Waals surface area contributed by atoms with E-state index < -0.39 is 0 Å². The Labute approximate surface area is 99.9 Å². The molecule has 0 rings (SSSR count). The molecule has 16 heavy (non-hydrogen) atoms. The van der Waals surface area contributed by atoms with Crippen molar-refractivity contribution in [2.24, 2.45) is 10.9 Å². The van der Waals surface area contributed by atoms with Gasteiger partial charge in [0.1, 0.15) is 0 Å². The predicted molar refractivity (Wildman–Crippen MR) is 73.9 cm³/mol. The number of allylic oxidation sites excluding steroid dienone is 3. The molecule has 0 radical (unpaired) electrons. The molecular formula is C14H24N2. The van der Waals surface area contributed by atoms with E-state index in [-0.39, 0.29) is 12.0 Å². The highest BCUT2D eigenvalue weighted by molar-refractivity contribution is 5.32. The standard InChI is InChI=1S/C14H24N2/c1-8-9-10(2)11(3)14(16-7)12(4)13(5)15-6/h8-9,11,14-15H,2,7H2,1,3-6H3/b9-8-,13-12-/t11-,14?/m0/s1. The summed E-state index contributed by atoms with van der Waals surface area (Å²) in [6, 6.07) is 0.0937. The molecule has 0 spiro atoms. The fraction of sp³-hybridized carbons (Fsp3) is 0.500. The van der Waals surface area contributed by atoms with Crippen molar-refractivity contribution in [2.75, 3.05) is 7.05 Å². The molecule has 0 fully saturated rings. The average Bonchev–Trinajstić information content (AvgIpc) is 2.28. The molecule has 0 aliphatic carbocycles. The molecule has 0 aliphatic rings. The van der Waals surface area contributed by atoms with Crippen LogP contribution in [-0.2, 0) is 0 Å². The first-order valence-electron chi connectivity index (χ1n) is 5.62. The van der Waals surface area contributed by atoms with E-state index in [0.29, 0.717) is 0 Å². The second kappa shape index (κ2) is 7.04. The summed E-state index contributed by atoms with van der Waals surface area (Å²) in [5.41, 5.74) is 3.45. The molecule has 0 saturated carbocycles. The zero-order valence-corrected chi connectivity index (χ0v) is 11.2. The molecule has 0 aromatic heterocycles. The van der Waals surface area contributed by atoms with E-state index in [1.54, 1.807) is 0 Å². The van der Waals surface area contributed by atoms with E-state index in [9.17, 15) is 0 Å². The Hall–Kier alpha value is -1.31. The molecule has 0 bridgehead atoms. The van der Waals surface area contributed by atoms with Crippen LogP contribution in [0.4, 0.5) is 0 Å². The van der Waals surface area contributed by atoms with E-state index in [1.807, 2.05) is 26.1 Å². The van der Waals surface area contributed by atoms with Gasteiger partial charge in [0.15, 0.2) is 0 Å². The molecule has 1 N–H and O–H groups in total. The van der Waals surface area contributed by atoms with Gasteiger partial charge in [0.25, 0.3) is 0 Å². The maximum Gasteiger partial charge on any atom is 0.0784 e. The van der Waals surface area contributed by atoms with Crippen LogP contribution >= 0.6 is 0 Å². The Morgan fingerprint density at radius 1 is 1.38 bits per heavy atom. The maximum absolute atomic E-state index is 4.22. The van der Waals surface area contributed by atoms with Crippen molar-refractivity contribution in [3.8, 4) is 0 Å². The molecule has 0 aromatic carbocycles. The molecule has 90 valence electrons. The molecule has 0 aromatic rings. The van der Waals surface area contributed by atoms with Crippen LogP contribution in [0.25, 0.3) is 0 Å². The highest BCUT2D eigenvalue weighted by Gasteiger charge is 2.19. The smallest absolute Gasteiger partial charge is 0.0784 e. The fourth-order valence-electron chi connectivity index (χ4n) is 1.66. The van der Waals surface area contributed by atoms with Crippen LogP contribution in [0.3, 0.4) is 0 Å². The Morgan fingerprint density at radius 3 is 2.31 bits per heavy atom. The average molecular weight is 220 g/mol. The van der Waals surface area contributed by atoms with Gasteiger partial charge in [-0.05, 0) is 33.1 Å². The number of rotatable bonds is 6. The number of nitrogens with one attached hydrogen (secondary N) is 1. The summed E-state index contributed by atoms with van der Waals surface area (Å²) >= 11 is 0. The lowest BCUT2D eigenvalue weighted by molar-refractivity contribution is 0.582. The van der Waals surface area contributed by atoms with Crippen molar-refractivity contribution >= 4 is 6.72 Å². The van der Waals surface area contributed by atoms with Gasteiger partial charge in [0.05, 0.1) is 6.04 Å². The summed E-state index contributed by atoms with van der Waals surface area (Å²) in [5, 5.41) is 3.15. The van der Waals surface area contributed by atoms with Gasteiger partial charge in [-0.15, -0.1) is 0 Å². The van der Waals surface area contributed by atoms with Gasteiger partial charge >= 0.3 is 0 Å². The predicted octanol–water partition coefficient (Wildman–Crippen LogP) is 3.34. The first-order chi connectivity index (χ1) is 7.49. The molecule has 0 aliphatic heterocycles. The van der Waals surface area contributed by atoms with Gasteiger partial charge in [0, 0.05) is 18.7 Å². The van der Waals surface area contributed by atoms with Crippen LogP contribution in [0.2, 0.25) is 0 Å². The highest BCUT2D eigenvalue weighted by atomic mass is 14.8. The van der Waals surface area contributed by atoms with Crippen molar-refractivity contribution in [2.45, 2.75) is 33.7 Å². The van der Waals surface area contributed by atoms with E-state index in [4.69, 9.17) is 0 Å². The van der Waals surface area contributed by atoms with Gasteiger partial charge in [-0.1, -0.05) is 31.2 Å². The van der Waals surface area contributed by atoms with E-state index >= 15 is 0 Å². The summed E-state index contributed by atoms with van der Waals surface area (Å²) < 4.78 is 0. The van der Waals surface area contributed by atoms with E-state index in [2.05, 4.69) is 44.4 Å². The largest absolute Gasteiger partial charge is 0.392 e. The Morgan fingerprint density at radius 2 is 1.94 bits per heavy atom. The normalized spacial score (nSPS) is 16.6. The molecule has 0 amide bonds. The van der Waals surface area contributed by atoms with Crippen molar-refractivity contribution in [3.05, 3.63) is 35.6 Å². The van der Waals surface area contributed by atoms with Crippen molar-refractivity contribution in [1.29, 1.82) is 0 Å². The van der Waals surface area contributed by atoms with Crippen LogP contribution < -0.4 is 5.32 Å². The first kappa shape index (κ1) is 14.7. The first-order valence-corrected chi connectivity index (χ1v) is 5.62. The SMILES string of the molecule is C=NC(/C(C)=C(/C)NC)[C@@H](C)C(=C)/C=C\C. The topological polar surface area (TPSA) is 24.4 Å². The lowest BCUT2D eigenvalue weighted by Crippen LogP contribution is -2.21. The third kappa shape index (κ3) is 3.69. The maximum atomic E-state index is 4.22. The Kier molecular flexibility index (Phi) is 6.47. The summed E-state index contributed by atoms with van der Waals surface area (Å²) in [7, 11) is 1.92. The number of nitrogens with zero attached hydrogens (tertiary/aromatic N) is 1. The number of hydrogen-bond donors (Lipinski definition) is 1. The van der Waals surface area contributed by atoms with Gasteiger partial charge in [0.2, 0.25) is 0 Å². The summed E-state index contributed by atoms with van der Waals surface area (Å²) in [6.07, 6.45) is 4.04. The lowest BCUT2D eigenvalue weighted by atomic mass is 9.89. The van der Waals surface area contributed by atoms with Crippen LogP contribution in [-0.4, -0.2) is 19.8 Å². The van der Waals surface area contributed by atoms with Crippen LogP contribution in [0.5, 0.6) is 0 Å². The minimum atomic E-state index is 0.0937. The van der Waals surface area contributed by atoms with Gasteiger partial charge in [-0.25, -0.2) is 0 Å². The Balaban J connectivity index is 5.01. The van der Waals surface area contributed by atoms with Crippen molar-refractivity contribution < 1.29 is 0 Å². The van der Waals surface area contributed by atoms with Crippen molar-refractivity contribution in [3.63, 3.8) is 0 Å². The highest BCUT2D eigenvalue weighted by Crippen LogP contribution is 2.24. The molecule has 2 atom stereocenters. The molecule has 1 unspecified atom stereocenters. The molecule has 0 heterocycles. The Bertz CT molecular complexity index is 311. The lowest BCUT2D eigenvalue weighted by Gasteiger charge is -2.23. The second-order valence-electron chi connectivity index (χ2n) is 4.05. The molecule has 2 heteroatoms. The minimum Gasteiger partial charge on any atom is -0.392 e. The second-order valence-corrected chi connectivity index (χ2v) is 4.05. The third-order valence-corrected chi connectivity index (χ3v) is 3.05.